The van der Waals surface area contributed by atoms with Crippen molar-refractivity contribution in [1.82, 2.24) is 15.4 Å². The number of halogens is 1. The lowest BCUT2D eigenvalue weighted by molar-refractivity contribution is 0.0520. The van der Waals surface area contributed by atoms with E-state index < -0.39 is 5.97 Å². The Labute approximate surface area is 125 Å². The second-order valence-electron chi connectivity index (χ2n) is 4.45. The Morgan fingerprint density at radius 3 is 2.76 bits per heavy atom. The number of fused-ring (bicyclic) bond motifs is 1. The highest BCUT2D eigenvalue weighted by atomic mass is 35.5. The first kappa shape index (κ1) is 13.6. The van der Waals surface area contributed by atoms with Crippen LogP contribution in [0, 0.1) is 0 Å². The maximum atomic E-state index is 11.8. The molecule has 1 aromatic heterocycles. The molecule has 0 unspecified atom stereocenters. The lowest BCUT2D eigenvalue weighted by Crippen LogP contribution is -2.06. The fourth-order valence-electron chi connectivity index (χ4n) is 2.14. The molecule has 0 aliphatic carbocycles. The predicted molar refractivity (Wildman–Crippen MR) is 80.3 cm³/mol. The van der Waals surface area contributed by atoms with Crippen LogP contribution in [0.15, 0.2) is 36.4 Å². The zero-order chi connectivity index (χ0) is 14.8. The Hall–Kier alpha value is -2.40. The monoisotopic (exact) mass is 301 g/mol. The number of H-pyrrole nitrogens is 1. The number of hydrogen-bond donors (Lipinski definition) is 1. The van der Waals surface area contributed by atoms with Gasteiger partial charge >= 0.3 is 5.97 Å². The average Bonchev–Trinajstić information content (AvgIpc) is 2.96. The van der Waals surface area contributed by atoms with Gasteiger partial charge in [-0.15, -0.1) is 5.10 Å². The number of aromatic nitrogens is 3. The van der Waals surface area contributed by atoms with Gasteiger partial charge in [0.25, 0.3) is 0 Å². The van der Waals surface area contributed by atoms with E-state index in [0.29, 0.717) is 17.3 Å². The van der Waals surface area contributed by atoms with Crippen molar-refractivity contribution in [1.29, 1.82) is 0 Å². The van der Waals surface area contributed by atoms with E-state index in [2.05, 4.69) is 15.4 Å². The Bertz CT molecular complexity index is 814. The first-order valence-corrected chi connectivity index (χ1v) is 6.84. The number of rotatable bonds is 3. The van der Waals surface area contributed by atoms with Gasteiger partial charge in [0.2, 0.25) is 0 Å². The van der Waals surface area contributed by atoms with E-state index in [0.717, 1.165) is 16.3 Å². The van der Waals surface area contributed by atoms with Crippen LogP contribution in [0.4, 0.5) is 0 Å². The first-order chi connectivity index (χ1) is 10.2. The number of nitrogens with one attached hydrogen (secondary N) is 1. The number of ether oxygens (including phenoxy) is 1. The minimum absolute atomic E-state index is 0.185. The van der Waals surface area contributed by atoms with Crippen molar-refractivity contribution in [3.05, 3.63) is 47.1 Å². The quantitative estimate of drug-likeness (QED) is 0.752. The van der Waals surface area contributed by atoms with Crippen LogP contribution in [0.5, 0.6) is 0 Å². The Morgan fingerprint density at radius 2 is 1.95 bits per heavy atom. The fraction of sp³-hybridized carbons (Fsp3) is 0.133. The van der Waals surface area contributed by atoms with Crippen LogP contribution in [-0.2, 0) is 4.74 Å². The number of esters is 1. The molecule has 0 atom stereocenters. The number of carbonyl (C=O) groups excluding carboxylic acids is 1. The molecular formula is C15H12ClN3O2. The van der Waals surface area contributed by atoms with Gasteiger partial charge in [-0.1, -0.05) is 29.8 Å². The third-order valence-corrected chi connectivity index (χ3v) is 3.33. The van der Waals surface area contributed by atoms with Crippen molar-refractivity contribution in [3.8, 4) is 11.3 Å². The van der Waals surface area contributed by atoms with Gasteiger partial charge in [-0.25, -0.2) is 4.79 Å². The maximum Gasteiger partial charge on any atom is 0.361 e. The van der Waals surface area contributed by atoms with E-state index in [1.54, 1.807) is 6.92 Å². The Balaban J connectivity index is 2.07. The van der Waals surface area contributed by atoms with Gasteiger partial charge in [0, 0.05) is 10.6 Å². The maximum absolute atomic E-state index is 11.8. The SMILES string of the molecule is CCOC(=O)c1n[nH]nc1-c1ccc2cc(Cl)ccc2c1. The summed E-state index contributed by atoms with van der Waals surface area (Å²) < 4.78 is 4.97. The largest absolute Gasteiger partial charge is 0.461 e. The lowest BCUT2D eigenvalue weighted by Gasteiger charge is -2.04. The molecule has 3 rings (SSSR count). The molecule has 5 nitrogen and oxygen atoms in total. The molecule has 0 fully saturated rings. The summed E-state index contributed by atoms with van der Waals surface area (Å²) in [6.07, 6.45) is 0. The van der Waals surface area contributed by atoms with E-state index in [1.165, 1.54) is 0 Å². The summed E-state index contributed by atoms with van der Waals surface area (Å²) in [6, 6.07) is 11.4. The van der Waals surface area contributed by atoms with Gasteiger partial charge in [-0.2, -0.15) is 10.3 Å². The van der Waals surface area contributed by atoms with Gasteiger partial charge in [0.1, 0.15) is 5.69 Å². The van der Waals surface area contributed by atoms with Crippen molar-refractivity contribution < 1.29 is 9.53 Å². The van der Waals surface area contributed by atoms with Crippen LogP contribution in [0.25, 0.3) is 22.0 Å². The molecular weight excluding hydrogens is 290 g/mol. The van der Waals surface area contributed by atoms with Gasteiger partial charge in [-0.3, -0.25) is 0 Å². The average molecular weight is 302 g/mol. The van der Waals surface area contributed by atoms with Crippen molar-refractivity contribution in [2.24, 2.45) is 0 Å². The molecule has 0 aliphatic rings. The van der Waals surface area contributed by atoms with E-state index in [9.17, 15) is 4.79 Å². The molecule has 0 amide bonds. The molecule has 0 radical (unpaired) electrons. The third-order valence-electron chi connectivity index (χ3n) is 3.09. The van der Waals surface area contributed by atoms with Crippen LogP contribution in [-0.4, -0.2) is 28.0 Å². The standard InChI is InChI=1S/C15H12ClN3O2/c1-2-21-15(20)14-13(17-19-18-14)11-4-3-10-8-12(16)6-5-9(10)7-11/h3-8H,2H2,1H3,(H,17,18,19). The Kier molecular flexibility index (Phi) is 3.58. The van der Waals surface area contributed by atoms with E-state index in [4.69, 9.17) is 16.3 Å². The second-order valence-corrected chi connectivity index (χ2v) is 4.88. The molecule has 1 heterocycles. The van der Waals surface area contributed by atoms with Gasteiger partial charge in [0.15, 0.2) is 5.69 Å². The third kappa shape index (κ3) is 2.60. The second kappa shape index (κ2) is 5.54. The van der Waals surface area contributed by atoms with Crippen LogP contribution >= 0.6 is 11.6 Å². The number of aromatic amines is 1. The highest BCUT2D eigenvalue weighted by Gasteiger charge is 2.19. The summed E-state index contributed by atoms with van der Waals surface area (Å²) in [5, 5.41) is 13.1. The molecule has 0 spiro atoms. The highest BCUT2D eigenvalue weighted by Crippen LogP contribution is 2.26. The highest BCUT2D eigenvalue weighted by molar-refractivity contribution is 6.31. The zero-order valence-electron chi connectivity index (χ0n) is 11.3. The summed E-state index contributed by atoms with van der Waals surface area (Å²) in [6.45, 7) is 2.04. The summed E-state index contributed by atoms with van der Waals surface area (Å²) in [5.41, 5.74) is 1.46. The van der Waals surface area contributed by atoms with Gasteiger partial charge in [-0.05, 0) is 35.9 Å². The van der Waals surface area contributed by atoms with Gasteiger partial charge in [0.05, 0.1) is 6.61 Å². The van der Waals surface area contributed by atoms with Crippen LogP contribution in [0.2, 0.25) is 5.02 Å². The molecule has 0 aliphatic heterocycles. The van der Waals surface area contributed by atoms with Crippen LogP contribution in [0.3, 0.4) is 0 Å². The summed E-state index contributed by atoms with van der Waals surface area (Å²) >= 11 is 5.97. The smallest absolute Gasteiger partial charge is 0.361 e. The fourth-order valence-corrected chi connectivity index (χ4v) is 2.32. The van der Waals surface area contributed by atoms with E-state index in [-0.39, 0.29) is 5.69 Å². The number of carbonyl (C=O) groups is 1. The predicted octanol–water partition coefficient (Wildman–Crippen LogP) is 3.46. The van der Waals surface area contributed by atoms with E-state index in [1.807, 2.05) is 36.4 Å². The summed E-state index contributed by atoms with van der Waals surface area (Å²) in [7, 11) is 0. The van der Waals surface area contributed by atoms with Crippen molar-refractivity contribution >= 4 is 28.3 Å². The molecule has 0 bridgehead atoms. The van der Waals surface area contributed by atoms with Crippen LogP contribution < -0.4 is 0 Å². The molecule has 0 saturated heterocycles. The minimum Gasteiger partial charge on any atom is -0.461 e. The first-order valence-electron chi connectivity index (χ1n) is 6.46. The molecule has 21 heavy (non-hydrogen) atoms. The summed E-state index contributed by atoms with van der Waals surface area (Å²) in [4.78, 5) is 11.8. The molecule has 106 valence electrons. The molecule has 3 aromatic rings. The normalized spacial score (nSPS) is 10.8. The molecule has 1 N–H and O–H groups in total. The lowest BCUT2D eigenvalue weighted by atomic mass is 10.0. The Morgan fingerprint density at radius 1 is 1.19 bits per heavy atom. The number of hydrogen-bond acceptors (Lipinski definition) is 4. The van der Waals surface area contributed by atoms with Crippen LogP contribution in [0.1, 0.15) is 17.4 Å². The van der Waals surface area contributed by atoms with E-state index >= 15 is 0 Å². The van der Waals surface area contributed by atoms with Gasteiger partial charge < -0.3 is 4.74 Å². The number of nitrogens with zero attached hydrogens (tertiary/aromatic N) is 2. The van der Waals surface area contributed by atoms with Crippen molar-refractivity contribution in [2.75, 3.05) is 6.61 Å². The minimum atomic E-state index is -0.488. The summed E-state index contributed by atoms with van der Waals surface area (Å²) in [5.74, 6) is -0.488. The zero-order valence-corrected chi connectivity index (χ0v) is 12.0. The molecule has 2 aromatic carbocycles. The molecule has 0 saturated carbocycles. The number of benzene rings is 2. The van der Waals surface area contributed by atoms with Crippen molar-refractivity contribution in [3.63, 3.8) is 0 Å². The topological polar surface area (TPSA) is 67.9 Å². The van der Waals surface area contributed by atoms with Crippen molar-refractivity contribution in [2.45, 2.75) is 6.92 Å². The molecule has 6 heteroatoms.